The van der Waals surface area contributed by atoms with Crippen LogP contribution in [0.4, 0.5) is 14.5 Å². The molecule has 142 valence electrons. The Kier molecular flexibility index (Phi) is 5.07. The molecule has 3 aliphatic heterocycles. The van der Waals surface area contributed by atoms with Gasteiger partial charge in [0.05, 0.1) is 5.69 Å². The largest absolute Gasteiger partial charge is 0.459 e. The number of hydrogen-bond donors (Lipinski definition) is 1. The molecule has 3 aliphatic rings. The van der Waals surface area contributed by atoms with E-state index in [0.29, 0.717) is 11.5 Å². The molecule has 2 bridgehead atoms. The van der Waals surface area contributed by atoms with Gasteiger partial charge < -0.3 is 10.1 Å². The van der Waals surface area contributed by atoms with Crippen LogP contribution in [-0.4, -0.2) is 36.6 Å². The molecule has 2 aromatic rings. The number of piperidine rings is 3. The summed E-state index contributed by atoms with van der Waals surface area (Å²) < 4.78 is 33.5. The number of carbonyl (C=O) groups excluding carboxylic acids is 1. The van der Waals surface area contributed by atoms with Crippen molar-refractivity contribution in [3.05, 3.63) is 65.7 Å². The van der Waals surface area contributed by atoms with Crippen molar-refractivity contribution in [2.24, 2.45) is 5.92 Å². The SMILES string of the molecule is O=C(OC1CN2CCC1CC2)C(Nc1cc(F)ccc1F)c1ccccc1. The van der Waals surface area contributed by atoms with Gasteiger partial charge in [0, 0.05) is 6.54 Å². The lowest BCUT2D eigenvalue weighted by molar-refractivity contribution is -0.159. The number of rotatable bonds is 5. The number of esters is 1. The summed E-state index contributed by atoms with van der Waals surface area (Å²) >= 11 is 0. The fourth-order valence-electron chi connectivity index (χ4n) is 3.95. The normalized spacial score (nSPS) is 25.0. The second kappa shape index (κ2) is 7.64. The molecule has 0 radical (unpaired) electrons. The van der Waals surface area contributed by atoms with E-state index in [0.717, 1.165) is 50.7 Å². The van der Waals surface area contributed by atoms with Crippen LogP contribution in [-0.2, 0) is 9.53 Å². The topological polar surface area (TPSA) is 41.6 Å². The Hall–Kier alpha value is -2.47. The lowest BCUT2D eigenvalue weighted by atomic mass is 9.86. The van der Waals surface area contributed by atoms with Crippen LogP contribution >= 0.6 is 0 Å². The Bertz CT molecular complexity index is 807. The van der Waals surface area contributed by atoms with Crippen LogP contribution in [0.1, 0.15) is 24.4 Å². The van der Waals surface area contributed by atoms with E-state index in [1.54, 1.807) is 24.3 Å². The first-order valence-electron chi connectivity index (χ1n) is 9.29. The molecular weight excluding hydrogens is 350 g/mol. The summed E-state index contributed by atoms with van der Waals surface area (Å²) in [5.74, 6) is -1.28. The molecule has 0 saturated carbocycles. The van der Waals surface area contributed by atoms with Gasteiger partial charge in [-0.2, -0.15) is 0 Å². The third-order valence-electron chi connectivity index (χ3n) is 5.46. The van der Waals surface area contributed by atoms with Crippen molar-refractivity contribution in [3.8, 4) is 0 Å². The molecule has 0 aliphatic carbocycles. The molecule has 2 atom stereocenters. The fourth-order valence-corrected chi connectivity index (χ4v) is 3.95. The number of halogens is 2. The average molecular weight is 372 g/mol. The van der Waals surface area contributed by atoms with Crippen molar-refractivity contribution in [2.75, 3.05) is 25.0 Å². The third-order valence-corrected chi connectivity index (χ3v) is 5.46. The average Bonchev–Trinajstić information content (AvgIpc) is 2.70. The molecule has 2 unspecified atom stereocenters. The van der Waals surface area contributed by atoms with Crippen molar-refractivity contribution >= 4 is 11.7 Å². The number of nitrogens with one attached hydrogen (secondary N) is 1. The van der Waals surface area contributed by atoms with Crippen LogP contribution in [0.3, 0.4) is 0 Å². The first kappa shape index (κ1) is 17.9. The molecule has 27 heavy (non-hydrogen) atoms. The Morgan fingerprint density at radius 2 is 1.85 bits per heavy atom. The van der Waals surface area contributed by atoms with Crippen molar-refractivity contribution < 1.29 is 18.3 Å². The summed E-state index contributed by atoms with van der Waals surface area (Å²) in [5.41, 5.74) is 0.585. The monoisotopic (exact) mass is 372 g/mol. The Morgan fingerprint density at radius 3 is 2.52 bits per heavy atom. The van der Waals surface area contributed by atoms with E-state index in [-0.39, 0.29) is 11.8 Å². The first-order chi connectivity index (χ1) is 13.1. The van der Waals surface area contributed by atoms with Crippen LogP contribution in [0.15, 0.2) is 48.5 Å². The van der Waals surface area contributed by atoms with Crippen LogP contribution < -0.4 is 5.32 Å². The van der Waals surface area contributed by atoms with Crippen molar-refractivity contribution in [3.63, 3.8) is 0 Å². The minimum absolute atomic E-state index is 0.0604. The predicted molar refractivity (Wildman–Crippen MR) is 98.2 cm³/mol. The maximum Gasteiger partial charge on any atom is 0.333 e. The zero-order valence-corrected chi connectivity index (χ0v) is 14.9. The Morgan fingerprint density at radius 1 is 1.11 bits per heavy atom. The fraction of sp³-hybridized carbons (Fsp3) is 0.381. The summed E-state index contributed by atoms with van der Waals surface area (Å²) in [7, 11) is 0. The van der Waals surface area contributed by atoms with Gasteiger partial charge in [-0.3, -0.25) is 4.90 Å². The summed E-state index contributed by atoms with van der Waals surface area (Å²) in [6.45, 7) is 2.84. The number of anilines is 1. The van der Waals surface area contributed by atoms with Gasteiger partial charge in [0.25, 0.3) is 0 Å². The molecule has 0 spiro atoms. The molecule has 3 saturated heterocycles. The minimum Gasteiger partial charge on any atom is -0.459 e. The van der Waals surface area contributed by atoms with Gasteiger partial charge in [0.15, 0.2) is 6.04 Å². The number of nitrogens with zero attached hydrogens (tertiary/aromatic N) is 1. The lowest BCUT2D eigenvalue weighted by Gasteiger charge is -2.44. The Labute approximate surface area is 157 Å². The van der Waals surface area contributed by atoms with Gasteiger partial charge in [-0.15, -0.1) is 0 Å². The molecule has 0 aromatic heterocycles. The second-order valence-corrected chi connectivity index (χ2v) is 7.23. The first-order valence-corrected chi connectivity index (χ1v) is 9.29. The molecule has 5 rings (SSSR count). The lowest BCUT2D eigenvalue weighted by Crippen LogP contribution is -2.52. The molecule has 3 heterocycles. The smallest absolute Gasteiger partial charge is 0.333 e. The van der Waals surface area contributed by atoms with E-state index in [1.165, 1.54) is 0 Å². The van der Waals surface area contributed by atoms with E-state index in [2.05, 4.69) is 10.2 Å². The second-order valence-electron chi connectivity index (χ2n) is 7.23. The van der Waals surface area contributed by atoms with E-state index < -0.39 is 23.6 Å². The van der Waals surface area contributed by atoms with Crippen LogP contribution in [0.2, 0.25) is 0 Å². The van der Waals surface area contributed by atoms with Gasteiger partial charge in [0.1, 0.15) is 17.7 Å². The number of carbonyl (C=O) groups is 1. The summed E-state index contributed by atoms with van der Waals surface area (Å²) in [5, 5.41) is 2.83. The third kappa shape index (κ3) is 3.95. The Balaban J connectivity index is 1.56. The molecule has 1 N–H and O–H groups in total. The maximum atomic E-state index is 14.1. The summed E-state index contributed by atoms with van der Waals surface area (Å²) in [4.78, 5) is 15.3. The highest BCUT2D eigenvalue weighted by Crippen LogP contribution is 2.31. The van der Waals surface area contributed by atoms with Crippen LogP contribution in [0.5, 0.6) is 0 Å². The van der Waals surface area contributed by atoms with Gasteiger partial charge >= 0.3 is 5.97 Å². The zero-order chi connectivity index (χ0) is 18.8. The molecule has 6 heteroatoms. The molecule has 2 aromatic carbocycles. The predicted octanol–water partition coefficient (Wildman–Crippen LogP) is 3.76. The number of benzene rings is 2. The molecular formula is C21H22F2N2O2. The van der Waals surface area contributed by atoms with Gasteiger partial charge in [-0.25, -0.2) is 13.6 Å². The minimum atomic E-state index is -0.905. The van der Waals surface area contributed by atoms with E-state index in [9.17, 15) is 13.6 Å². The van der Waals surface area contributed by atoms with Crippen molar-refractivity contribution in [1.82, 2.24) is 4.90 Å². The molecule has 4 nitrogen and oxygen atoms in total. The van der Waals surface area contributed by atoms with E-state index in [1.807, 2.05) is 6.07 Å². The highest BCUT2D eigenvalue weighted by Gasteiger charge is 2.38. The van der Waals surface area contributed by atoms with Gasteiger partial charge in [-0.1, -0.05) is 30.3 Å². The maximum absolute atomic E-state index is 14.1. The molecule has 3 fully saturated rings. The highest BCUT2D eigenvalue weighted by molar-refractivity contribution is 5.81. The van der Waals surface area contributed by atoms with Gasteiger partial charge in [-0.05, 0) is 55.6 Å². The van der Waals surface area contributed by atoms with Crippen LogP contribution in [0.25, 0.3) is 0 Å². The standard InChI is InChI=1S/C21H22F2N2O2/c22-16-6-7-17(23)18(12-16)24-20(15-4-2-1-3-5-15)21(26)27-19-13-25-10-8-14(19)9-11-25/h1-7,12,14,19-20,24H,8-11,13H2. The van der Waals surface area contributed by atoms with Crippen molar-refractivity contribution in [1.29, 1.82) is 0 Å². The van der Waals surface area contributed by atoms with E-state index in [4.69, 9.17) is 4.74 Å². The quantitative estimate of drug-likeness (QED) is 0.812. The number of fused-ring (bicyclic) bond motifs is 3. The zero-order valence-electron chi connectivity index (χ0n) is 14.9. The van der Waals surface area contributed by atoms with Crippen molar-refractivity contribution in [2.45, 2.75) is 25.0 Å². The number of ether oxygens (including phenoxy) is 1. The number of hydrogen-bond acceptors (Lipinski definition) is 4. The van der Waals surface area contributed by atoms with Gasteiger partial charge in [0.2, 0.25) is 0 Å². The van der Waals surface area contributed by atoms with Crippen LogP contribution in [0, 0.1) is 17.6 Å². The molecule has 0 amide bonds. The summed E-state index contributed by atoms with van der Waals surface area (Å²) in [6.07, 6.45) is 1.91. The van der Waals surface area contributed by atoms with E-state index >= 15 is 0 Å². The highest BCUT2D eigenvalue weighted by atomic mass is 19.1. The summed E-state index contributed by atoms with van der Waals surface area (Å²) in [6, 6.07) is 11.2.